The van der Waals surface area contributed by atoms with Gasteiger partial charge in [0.15, 0.2) is 15.0 Å². The molecule has 32 heavy (non-hydrogen) atoms. The Balaban J connectivity index is 1.67. The van der Waals surface area contributed by atoms with E-state index in [0.717, 1.165) is 26.2 Å². The highest BCUT2D eigenvalue weighted by Crippen LogP contribution is 2.35. The molecule has 2 aromatic heterocycles. The third kappa shape index (κ3) is 5.01. The highest BCUT2D eigenvalue weighted by Gasteiger charge is 2.22. The molecule has 4 aromatic rings. The number of carbonyl (C=O) groups is 1. The molecule has 2 heterocycles. The number of benzene rings is 2. The van der Waals surface area contributed by atoms with Crippen LogP contribution in [0.4, 0.5) is 5.13 Å². The van der Waals surface area contributed by atoms with E-state index in [-0.39, 0.29) is 17.2 Å². The number of thioether (sulfide) groups is 1. The van der Waals surface area contributed by atoms with E-state index in [1.807, 2.05) is 36.6 Å². The molecule has 0 aliphatic rings. The molecule has 0 unspecified atom stereocenters. The van der Waals surface area contributed by atoms with Gasteiger partial charge in [-0.05, 0) is 47.7 Å². The number of para-hydroxylation sites is 1. The molecular weight excluding hydrogens is 462 g/mol. The van der Waals surface area contributed by atoms with Crippen molar-refractivity contribution in [3.05, 3.63) is 78.1 Å². The molecule has 0 aliphatic heterocycles. The van der Waals surface area contributed by atoms with Crippen molar-refractivity contribution in [1.82, 2.24) is 9.97 Å². The first-order chi connectivity index (χ1) is 15.3. The monoisotopic (exact) mass is 483 g/mol. The SMILES string of the molecule is CSc1cccc2sc(N(Cc3cccnc3)C(=O)Cc3ccc(S(C)(=O)=O)cc3)nc12. The standard InChI is InChI=1S/C23H21N3O3S3/c1-30-19-6-3-7-20-22(19)25-23(31-20)26(15-17-5-4-12-24-14-17)21(27)13-16-8-10-18(11-9-16)32(2,28)29/h3-12,14H,13,15H2,1-2H3. The topological polar surface area (TPSA) is 80.2 Å². The van der Waals surface area contributed by atoms with Gasteiger partial charge in [0.25, 0.3) is 0 Å². The van der Waals surface area contributed by atoms with E-state index in [9.17, 15) is 13.2 Å². The van der Waals surface area contributed by atoms with Crippen molar-refractivity contribution in [1.29, 1.82) is 0 Å². The minimum absolute atomic E-state index is 0.120. The van der Waals surface area contributed by atoms with E-state index < -0.39 is 9.84 Å². The van der Waals surface area contributed by atoms with E-state index in [1.165, 1.54) is 29.7 Å². The summed E-state index contributed by atoms with van der Waals surface area (Å²) in [5.74, 6) is -0.120. The van der Waals surface area contributed by atoms with Crippen molar-refractivity contribution in [2.45, 2.75) is 22.8 Å². The number of fused-ring (bicyclic) bond motifs is 1. The molecule has 0 radical (unpaired) electrons. The first kappa shape index (κ1) is 22.4. The van der Waals surface area contributed by atoms with Crippen molar-refractivity contribution in [3.8, 4) is 0 Å². The van der Waals surface area contributed by atoms with Crippen molar-refractivity contribution < 1.29 is 13.2 Å². The molecule has 0 atom stereocenters. The average molecular weight is 484 g/mol. The van der Waals surface area contributed by atoms with Gasteiger partial charge in [0.1, 0.15) is 0 Å². The van der Waals surface area contributed by atoms with Gasteiger partial charge in [0, 0.05) is 23.5 Å². The number of carbonyl (C=O) groups excluding carboxylic acids is 1. The van der Waals surface area contributed by atoms with Gasteiger partial charge in [0.2, 0.25) is 5.91 Å². The van der Waals surface area contributed by atoms with Crippen molar-refractivity contribution in [2.24, 2.45) is 0 Å². The molecule has 9 heteroatoms. The number of rotatable bonds is 7. The summed E-state index contributed by atoms with van der Waals surface area (Å²) < 4.78 is 24.4. The van der Waals surface area contributed by atoms with E-state index in [4.69, 9.17) is 4.98 Å². The van der Waals surface area contributed by atoms with Gasteiger partial charge in [-0.1, -0.05) is 35.6 Å². The number of sulfone groups is 1. The number of anilines is 1. The summed E-state index contributed by atoms with van der Waals surface area (Å²) in [6.07, 6.45) is 6.74. The molecule has 0 N–H and O–H groups in total. The molecule has 6 nitrogen and oxygen atoms in total. The normalized spacial score (nSPS) is 11.6. The number of aromatic nitrogens is 2. The number of pyridine rings is 1. The Hall–Kier alpha value is -2.75. The fourth-order valence-electron chi connectivity index (χ4n) is 3.25. The zero-order valence-corrected chi connectivity index (χ0v) is 20.0. The third-order valence-corrected chi connectivity index (χ3v) is 7.83. The van der Waals surface area contributed by atoms with Crippen LogP contribution in [0.1, 0.15) is 11.1 Å². The molecule has 0 spiro atoms. The minimum atomic E-state index is -3.28. The second-order valence-corrected chi connectivity index (χ2v) is 11.1. The van der Waals surface area contributed by atoms with Gasteiger partial charge in [-0.25, -0.2) is 13.4 Å². The molecule has 1 amide bonds. The zero-order chi connectivity index (χ0) is 22.7. The lowest BCUT2D eigenvalue weighted by Gasteiger charge is -2.20. The average Bonchev–Trinajstić information content (AvgIpc) is 3.22. The molecule has 0 bridgehead atoms. The Morgan fingerprint density at radius 2 is 1.84 bits per heavy atom. The van der Waals surface area contributed by atoms with Crippen LogP contribution in [0.25, 0.3) is 10.2 Å². The van der Waals surface area contributed by atoms with Crippen LogP contribution in [-0.4, -0.2) is 36.8 Å². The van der Waals surface area contributed by atoms with E-state index in [0.29, 0.717) is 11.7 Å². The minimum Gasteiger partial charge on any atom is -0.283 e. The van der Waals surface area contributed by atoms with Crippen LogP contribution in [0.2, 0.25) is 0 Å². The highest BCUT2D eigenvalue weighted by atomic mass is 32.2. The summed E-state index contributed by atoms with van der Waals surface area (Å²) in [5, 5.41) is 0.628. The third-order valence-electron chi connectivity index (χ3n) is 4.89. The van der Waals surface area contributed by atoms with Crippen LogP contribution in [-0.2, 0) is 27.6 Å². The molecule has 4 rings (SSSR count). The molecule has 2 aromatic carbocycles. The first-order valence-corrected chi connectivity index (χ1v) is 13.7. The van der Waals surface area contributed by atoms with Gasteiger partial charge in [-0.3, -0.25) is 14.7 Å². The fourth-order valence-corrected chi connectivity index (χ4v) is 5.52. The fraction of sp³-hybridized carbons (Fsp3) is 0.174. The lowest BCUT2D eigenvalue weighted by atomic mass is 10.1. The predicted molar refractivity (Wildman–Crippen MR) is 130 cm³/mol. The summed E-state index contributed by atoms with van der Waals surface area (Å²) >= 11 is 3.10. The number of amides is 1. The molecule has 164 valence electrons. The Morgan fingerprint density at radius 1 is 1.06 bits per heavy atom. The molecule has 0 saturated carbocycles. The summed E-state index contributed by atoms with van der Waals surface area (Å²) in [6, 6.07) is 16.2. The van der Waals surface area contributed by atoms with Crippen LogP contribution < -0.4 is 4.90 Å². The van der Waals surface area contributed by atoms with Gasteiger partial charge in [-0.15, -0.1) is 11.8 Å². The summed E-state index contributed by atoms with van der Waals surface area (Å²) in [5.41, 5.74) is 2.53. The largest absolute Gasteiger partial charge is 0.283 e. The number of nitrogens with zero attached hydrogens (tertiary/aromatic N) is 3. The maximum atomic E-state index is 13.4. The van der Waals surface area contributed by atoms with E-state index >= 15 is 0 Å². The van der Waals surface area contributed by atoms with Crippen LogP contribution >= 0.6 is 23.1 Å². The van der Waals surface area contributed by atoms with E-state index in [1.54, 1.807) is 41.2 Å². The molecular formula is C23H21N3O3S3. The Labute approximate surface area is 195 Å². The molecule has 0 aliphatic carbocycles. The highest BCUT2D eigenvalue weighted by molar-refractivity contribution is 7.98. The summed E-state index contributed by atoms with van der Waals surface area (Å²) in [6.45, 7) is 0.350. The van der Waals surface area contributed by atoms with Crippen LogP contribution in [0.15, 0.2) is 76.8 Å². The summed E-state index contributed by atoms with van der Waals surface area (Å²) in [7, 11) is -3.28. The van der Waals surface area contributed by atoms with E-state index in [2.05, 4.69) is 4.98 Å². The Kier molecular flexibility index (Phi) is 6.59. The number of hydrogen-bond donors (Lipinski definition) is 0. The number of hydrogen-bond acceptors (Lipinski definition) is 7. The van der Waals surface area contributed by atoms with Crippen LogP contribution in [0.3, 0.4) is 0 Å². The maximum Gasteiger partial charge on any atom is 0.233 e. The quantitative estimate of drug-likeness (QED) is 0.358. The van der Waals surface area contributed by atoms with Crippen molar-refractivity contribution in [3.63, 3.8) is 0 Å². The second kappa shape index (κ2) is 9.40. The summed E-state index contributed by atoms with van der Waals surface area (Å²) in [4.78, 5) is 25.3. The van der Waals surface area contributed by atoms with Gasteiger partial charge in [-0.2, -0.15) is 0 Å². The van der Waals surface area contributed by atoms with Crippen LogP contribution in [0.5, 0.6) is 0 Å². The Morgan fingerprint density at radius 3 is 2.50 bits per heavy atom. The maximum absolute atomic E-state index is 13.4. The van der Waals surface area contributed by atoms with Gasteiger partial charge < -0.3 is 0 Å². The first-order valence-electron chi connectivity index (χ1n) is 9.77. The molecule has 0 fully saturated rings. The Bertz CT molecular complexity index is 1350. The molecule has 0 saturated heterocycles. The van der Waals surface area contributed by atoms with Crippen molar-refractivity contribution in [2.75, 3.05) is 17.4 Å². The van der Waals surface area contributed by atoms with Gasteiger partial charge >= 0.3 is 0 Å². The van der Waals surface area contributed by atoms with Crippen LogP contribution in [0, 0.1) is 0 Å². The zero-order valence-electron chi connectivity index (χ0n) is 17.6. The lowest BCUT2D eigenvalue weighted by molar-refractivity contribution is -0.118. The smallest absolute Gasteiger partial charge is 0.233 e. The lowest BCUT2D eigenvalue weighted by Crippen LogP contribution is -2.31. The van der Waals surface area contributed by atoms with Crippen molar-refractivity contribution >= 4 is 54.2 Å². The van der Waals surface area contributed by atoms with Gasteiger partial charge in [0.05, 0.1) is 28.1 Å². The predicted octanol–water partition coefficient (Wildman–Crippen LogP) is 4.59. The second-order valence-electron chi connectivity index (χ2n) is 7.24. The number of thiazole rings is 1.